The van der Waals surface area contributed by atoms with Crippen LogP contribution >= 0.6 is 0 Å². The Hall–Kier alpha value is -1.36. The van der Waals surface area contributed by atoms with Gasteiger partial charge >= 0.3 is 0 Å². The summed E-state index contributed by atoms with van der Waals surface area (Å²) in [4.78, 5) is 11.8. The molecule has 0 aliphatic heterocycles. The van der Waals surface area contributed by atoms with Gasteiger partial charge in [0.1, 0.15) is 0 Å². The summed E-state index contributed by atoms with van der Waals surface area (Å²) >= 11 is 0. The number of carbonyl (C=O) groups excluding carboxylic acids is 1. The minimum Gasteiger partial charge on any atom is -0.325 e. The molecule has 0 saturated heterocycles. The van der Waals surface area contributed by atoms with Crippen LogP contribution in [0.2, 0.25) is 0 Å². The second-order valence-corrected chi connectivity index (χ2v) is 4.74. The average Bonchev–Trinajstić information content (AvgIpc) is 2.42. The molecule has 5 nitrogen and oxygen atoms in total. The van der Waals surface area contributed by atoms with Gasteiger partial charge in [0.2, 0.25) is 5.91 Å². The van der Waals surface area contributed by atoms with Crippen LogP contribution in [-0.4, -0.2) is 21.2 Å². The zero-order valence-electron chi connectivity index (χ0n) is 9.79. The maximum Gasteiger partial charge on any atom is 0.226 e. The quantitative estimate of drug-likeness (QED) is 0.799. The van der Waals surface area contributed by atoms with Crippen LogP contribution in [0, 0.1) is 6.92 Å². The molecule has 1 fully saturated rings. The minimum atomic E-state index is -0.264. The van der Waals surface area contributed by atoms with Crippen LogP contribution in [0.3, 0.4) is 0 Å². The maximum atomic E-state index is 11.8. The maximum absolute atomic E-state index is 11.8. The van der Waals surface area contributed by atoms with Crippen molar-refractivity contribution in [3.05, 3.63) is 11.9 Å². The lowest BCUT2D eigenvalue weighted by molar-refractivity contribution is -0.118. The van der Waals surface area contributed by atoms with Gasteiger partial charge in [0, 0.05) is 25.2 Å². The molecule has 1 amide bonds. The lowest BCUT2D eigenvalue weighted by Crippen LogP contribution is -2.48. The fourth-order valence-corrected chi connectivity index (χ4v) is 2.04. The van der Waals surface area contributed by atoms with Crippen molar-refractivity contribution in [1.29, 1.82) is 0 Å². The third kappa shape index (κ3) is 2.24. The minimum absolute atomic E-state index is 0.0155. The molecule has 0 unspecified atom stereocenters. The molecule has 16 heavy (non-hydrogen) atoms. The van der Waals surface area contributed by atoms with Crippen molar-refractivity contribution in [3.63, 3.8) is 0 Å². The van der Waals surface area contributed by atoms with E-state index < -0.39 is 0 Å². The summed E-state index contributed by atoms with van der Waals surface area (Å²) in [5.41, 5.74) is 7.36. The summed E-state index contributed by atoms with van der Waals surface area (Å²) in [5.74, 6) is -0.0155. The number of amides is 1. The summed E-state index contributed by atoms with van der Waals surface area (Å²) in [6, 6.07) is 0. The number of nitrogens with zero attached hydrogens (tertiary/aromatic N) is 2. The Kier molecular flexibility index (Phi) is 2.71. The molecule has 2 rings (SSSR count). The topological polar surface area (TPSA) is 72.9 Å². The highest BCUT2D eigenvalue weighted by atomic mass is 16.1. The summed E-state index contributed by atoms with van der Waals surface area (Å²) in [6.45, 7) is 1.87. The number of aromatic nitrogens is 2. The third-order valence-corrected chi connectivity index (χ3v) is 3.15. The molecule has 0 atom stereocenters. The van der Waals surface area contributed by atoms with Crippen LogP contribution in [0.15, 0.2) is 6.20 Å². The van der Waals surface area contributed by atoms with Crippen LogP contribution in [-0.2, 0) is 11.8 Å². The molecule has 1 heterocycles. The number of carbonyl (C=O) groups is 1. The molecule has 0 spiro atoms. The van der Waals surface area contributed by atoms with Gasteiger partial charge in [-0.05, 0) is 26.2 Å². The molecule has 1 aliphatic carbocycles. The van der Waals surface area contributed by atoms with Crippen LogP contribution in [0.5, 0.6) is 0 Å². The lowest BCUT2D eigenvalue weighted by Gasteiger charge is -2.37. The number of nitrogens with two attached hydrogens (primary N) is 1. The smallest absolute Gasteiger partial charge is 0.226 e. The first kappa shape index (κ1) is 11.1. The van der Waals surface area contributed by atoms with Crippen molar-refractivity contribution in [2.24, 2.45) is 12.8 Å². The Morgan fingerprint density at radius 2 is 2.38 bits per heavy atom. The van der Waals surface area contributed by atoms with Crippen LogP contribution in [0.1, 0.15) is 31.4 Å². The highest BCUT2D eigenvalue weighted by molar-refractivity contribution is 5.91. The van der Waals surface area contributed by atoms with Gasteiger partial charge in [0.25, 0.3) is 0 Å². The largest absolute Gasteiger partial charge is 0.325 e. The van der Waals surface area contributed by atoms with Gasteiger partial charge in [-0.2, -0.15) is 5.10 Å². The van der Waals surface area contributed by atoms with Gasteiger partial charge in [-0.1, -0.05) is 0 Å². The molecular formula is C11H18N4O. The fraction of sp³-hybridized carbons (Fsp3) is 0.636. The average molecular weight is 222 g/mol. The SMILES string of the molecule is Cc1nn(C)cc1NC(=O)CC1(N)CCC1. The number of nitrogens with one attached hydrogen (secondary N) is 1. The van der Waals surface area contributed by atoms with E-state index >= 15 is 0 Å². The van der Waals surface area contributed by atoms with Crippen LogP contribution in [0.4, 0.5) is 5.69 Å². The van der Waals surface area contributed by atoms with E-state index in [1.165, 1.54) is 0 Å². The second kappa shape index (κ2) is 3.90. The van der Waals surface area contributed by atoms with Crippen LogP contribution in [0.25, 0.3) is 0 Å². The lowest BCUT2D eigenvalue weighted by atomic mass is 9.75. The molecule has 1 aromatic heterocycles. The number of anilines is 1. The molecule has 1 aromatic rings. The van der Waals surface area contributed by atoms with E-state index in [9.17, 15) is 4.79 Å². The molecule has 3 N–H and O–H groups in total. The van der Waals surface area contributed by atoms with Gasteiger partial charge in [-0.3, -0.25) is 9.48 Å². The van der Waals surface area contributed by atoms with Gasteiger partial charge in [-0.15, -0.1) is 0 Å². The molecular weight excluding hydrogens is 204 g/mol. The Bertz CT molecular complexity index is 406. The molecule has 1 saturated carbocycles. The monoisotopic (exact) mass is 222 g/mol. The van der Waals surface area contributed by atoms with Crippen molar-refractivity contribution < 1.29 is 4.79 Å². The van der Waals surface area contributed by atoms with Gasteiger partial charge in [-0.25, -0.2) is 0 Å². The zero-order chi connectivity index (χ0) is 11.8. The molecule has 0 radical (unpaired) electrons. The Morgan fingerprint density at radius 1 is 1.69 bits per heavy atom. The normalized spacial score (nSPS) is 17.9. The van der Waals surface area contributed by atoms with Crippen molar-refractivity contribution in [2.45, 2.75) is 38.1 Å². The summed E-state index contributed by atoms with van der Waals surface area (Å²) < 4.78 is 1.69. The number of rotatable bonds is 3. The molecule has 88 valence electrons. The van der Waals surface area contributed by atoms with E-state index in [1.807, 2.05) is 14.0 Å². The van der Waals surface area contributed by atoms with Crippen molar-refractivity contribution in [3.8, 4) is 0 Å². The highest BCUT2D eigenvalue weighted by Crippen LogP contribution is 2.32. The number of aryl methyl sites for hydroxylation is 2. The first-order valence-electron chi connectivity index (χ1n) is 5.57. The van der Waals surface area contributed by atoms with Gasteiger partial charge < -0.3 is 11.1 Å². The van der Waals surface area contributed by atoms with E-state index in [4.69, 9.17) is 5.73 Å². The summed E-state index contributed by atoms with van der Waals surface area (Å²) in [6.07, 6.45) is 5.24. The molecule has 0 bridgehead atoms. The molecule has 5 heteroatoms. The van der Waals surface area contributed by atoms with E-state index in [0.29, 0.717) is 6.42 Å². The number of hydrogen-bond donors (Lipinski definition) is 2. The Balaban J connectivity index is 1.94. The van der Waals surface area contributed by atoms with E-state index in [2.05, 4.69) is 10.4 Å². The summed E-state index contributed by atoms with van der Waals surface area (Å²) in [7, 11) is 1.83. The molecule has 0 aromatic carbocycles. The number of hydrogen-bond acceptors (Lipinski definition) is 3. The second-order valence-electron chi connectivity index (χ2n) is 4.74. The fourth-order valence-electron chi connectivity index (χ4n) is 2.04. The molecule has 1 aliphatic rings. The first-order valence-corrected chi connectivity index (χ1v) is 5.57. The predicted molar refractivity (Wildman–Crippen MR) is 62.0 cm³/mol. The van der Waals surface area contributed by atoms with E-state index in [0.717, 1.165) is 30.6 Å². The predicted octanol–water partition coefficient (Wildman–Crippen LogP) is 0.939. The summed E-state index contributed by atoms with van der Waals surface area (Å²) in [5, 5.41) is 7.02. The third-order valence-electron chi connectivity index (χ3n) is 3.15. The van der Waals surface area contributed by atoms with Crippen LogP contribution < -0.4 is 11.1 Å². The standard InChI is InChI=1S/C11H18N4O/c1-8-9(7-15(2)14-8)13-10(16)6-11(12)4-3-5-11/h7H,3-6,12H2,1-2H3,(H,13,16). The Labute approximate surface area is 95.0 Å². The van der Waals surface area contributed by atoms with E-state index in [1.54, 1.807) is 10.9 Å². The zero-order valence-corrected chi connectivity index (χ0v) is 9.79. The highest BCUT2D eigenvalue weighted by Gasteiger charge is 2.34. The van der Waals surface area contributed by atoms with Crippen molar-refractivity contribution in [2.75, 3.05) is 5.32 Å². The van der Waals surface area contributed by atoms with Crippen molar-refractivity contribution in [1.82, 2.24) is 9.78 Å². The van der Waals surface area contributed by atoms with Gasteiger partial charge in [0.05, 0.1) is 11.4 Å². The van der Waals surface area contributed by atoms with Gasteiger partial charge in [0.15, 0.2) is 0 Å². The van der Waals surface area contributed by atoms with E-state index in [-0.39, 0.29) is 11.4 Å². The first-order chi connectivity index (χ1) is 7.48. The Morgan fingerprint density at radius 3 is 2.81 bits per heavy atom. The van der Waals surface area contributed by atoms with Crippen molar-refractivity contribution >= 4 is 11.6 Å².